The lowest BCUT2D eigenvalue weighted by Crippen LogP contribution is -2.61. The number of hydrogen-bond acceptors (Lipinski definition) is 8. The van der Waals surface area contributed by atoms with E-state index in [4.69, 9.17) is 0 Å². The van der Waals surface area contributed by atoms with Crippen LogP contribution in [0.1, 0.15) is 48.3 Å². The first-order valence-electron chi connectivity index (χ1n) is 12.3. The van der Waals surface area contributed by atoms with Crippen LogP contribution in [-0.4, -0.2) is 78.4 Å². The second-order valence-corrected chi connectivity index (χ2v) is 11.3. The molecule has 5 rings (SSSR count). The van der Waals surface area contributed by atoms with E-state index in [2.05, 4.69) is 10.2 Å². The smallest absolute Gasteiger partial charge is 0.274 e. The highest BCUT2D eigenvalue weighted by atomic mass is 32.1. The van der Waals surface area contributed by atoms with E-state index in [1.807, 2.05) is 0 Å². The lowest BCUT2D eigenvalue weighted by atomic mass is 9.92. The highest BCUT2D eigenvalue weighted by Gasteiger charge is 2.49. The van der Waals surface area contributed by atoms with Gasteiger partial charge in [-0.1, -0.05) is 23.5 Å². The number of benzene rings is 1. The van der Waals surface area contributed by atoms with Crippen molar-refractivity contribution in [2.75, 3.05) is 19.6 Å². The molecule has 2 aromatic heterocycles. The van der Waals surface area contributed by atoms with Crippen LogP contribution in [0.5, 0.6) is 5.75 Å². The molecule has 38 heavy (non-hydrogen) atoms. The van der Waals surface area contributed by atoms with Crippen molar-refractivity contribution in [3.05, 3.63) is 62.8 Å². The first-order chi connectivity index (χ1) is 18.0. The van der Waals surface area contributed by atoms with Crippen LogP contribution in [0.4, 0.5) is 4.39 Å². The minimum atomic E-state index is -1.35. The number of amides is 2. The topological polar surface area (TPSA) is 129 Å². The number of aliphatic hydroxyl groups is 1. The van der Waals surface area contributed by atoms with Gasteiger partial charge in [-0.15, -0.1) is 10.2 Å². The van der Waals surface area contributed by atoms with Crippen LogP contribution >= 0.6 is 11.3 Å². The number of aromatic nitrogens is 3. The first kappa shape index (κ1) is 26.0. The average molecular weight is 542 g/mol. The zero-order chi connectivity index (χ0) is 27.4. The molecule has 2 N–H and O–H groups in total. The fourth-order valence-corrected chi connectivity index (χ4v) is 5.91. The number of rotatable bonds is 5. The minimum Gasteiger partial charge on any atom is -0.503 e. The van der Waals surface area contributed by atoms with Gasteiger partial charge in [-0.05, 0) is 44.9 Å². The Hall–Kier alpha value is -3.64. The van der Waals surface area contributed by atoms with Gasteiger partial charge in [0.15, 0.2) is 16.5 Å². The van der Waals surface area contributed by atoms with Gasteiger partial charge in [-0.2, -0.15) is 0 Å². The second-order valence-electron chi connectivity index (χ2n) is 10.2. The van der Waals surface area contributed by atoms with Crippen molar-refractivity contribution >= 4 is 23.2 Å². The maximum absolute atomic E-state index is 13.8. The number of nitrogens with zero attached hydrogens (tertiary/aromatic N) is 5. The molecule has 2 amide bonds. The molecule has 1 saturated heterocycles. The van der Waals surface area contributed by atoms with E-state index in [-0.39, 0.29) is 47.1 Å². The van der Waals surface area contributed by atoms with Crippen LogP contribution in [0, 0.1) is 5.82 Å². The Balaban J connectivity index is 1.60. The van der Waals surface area contributed by atoms with E-state index in [1.165, 1.54) is 27.8 Å². The number of halogens is 1. The number of pyridine rings is 1. The Morgan fingerprint density at radius 2 is 1.95 bits per heavy atom. The maximum atomic E-state index is 13.8. The van der Waals surface area contributed by atoms with Crippen LogP contribution in [0.15, 0.2) is 35.3 Å². The predicted octanol–water partition coefficient (Wildman–Crippen LogP) is 1.97. The van der Waals surface area contributed by atoms with Gasteiger partial charge in [0.1, 0.15) is 16.4 Å². The zero-order valence-corrected chi connectivity index (χ0v) is 22.0. The standard InChI is InChI=1S/C26H28FN5O5S/c1-14(2)31-13-26(3,25(37)30-9-8-17(33)11-30)32-12-18(21(34)22(35)20(32)24(31)36)23-29-28-19(38-23)10-15-4-6-16(27)7-5-15/h4-7,12,14,17,33,35H,8-11,13H2,1-3H3/t17-,26+/m0/s1. The van der Waals surface area contributed by atoms with Gasteiger partial charge in [0, 0.05) is 31.7 Å². The van der Waals surface area contributed by atoms with Crippen LogP contribution in [0.3, 0.4) is 0 Å². The highest BCUT2D eigenvalue weighted by molar-refractivity contribution is 7.14. The molecule has 200 valence electrons. The number of carbonyl (C=O) groups is 2. The van der Waals surface area contributed by atoms with Crippen molar-refractivity contribution in [3.63, 3.8) is 0 Å². The Morgan fingerprint density at radius 3 is 2.58 bits per heavy atom. The van der Waals surface area contributed by atoms with Gasteiger partial charge in [-0.25, -0.2) is 4.39 Å². The molecule has 3 aromatic rings. The molecule has 0 aliphatic carbocycles. The van der Waals surface area contributed by atoms with E-state index in [9.17, 15) is 29.0 Å². The van der Waals surface area contributed by atoms with E-state index in [0.29, 0.717) is 24.4 Å². The van der Waals surface area contributed by atoms with E-state index in [1.54, 1.807) is 37.8 Å². The summed E-state index contributed by atoms with van der Waals surface area (Å²) in [7, 11) is 0. The number of carbonyl (C=O) groups excluding carboxylic acids is 2. The molecule has 1 fully saturated rings. The first-order valence-corrected chi connectivity index (χ1v) is 13.2. The quantitative estimate of drug-likeness (QED) is 0.505. The molecule has 10 nitrogen and oxygen atoms in total. The third-order valence-electron chi connectivity index (χ3n) is 7.16. The third kappa shape index (κ3) is 4.37. The number of fused-ring (bicyclic) bond motifs is 1. The molecule has 4 heterocycles. The van der Waals surface area contributed by atoms with Crippen molar-refractivity contribution in [1.82, 2.24) is 24.6 Å². The summed E-state index contributed by atoms with van der Waals surface area (Å²) in [5.74, 6) is -1.98. The molecule has 2 aliphatic heterocycles. The van der Waals surface area contributed by atoms with E-state index < -0.39 is 28.7 Å². The SMILES string of the molecule is CC(C)N1C[C@](C)(C(=O)N2CC[C@H](O)C2)n2cc(-c3nnc(Cc4ccc(F)cc4)s3)c(=O)c(O)c2C1=O. The monoisotopic (exact) mass is 541 g/mol. The minimum absolute atomic E-state index is 0.0142. The van der Waals surface area contributed by atoms with Crippen LogP contribution < -0.4 is 5.43 Å². The number of likely N-dealkylation sites (tertiary alicyclic amines) is 1. The lowest BCUT2D eigenvalue weighted by Gasteiger charge is -2.45. The van der Waals surface area contributed by atoms with Crippen LogP contribution in [0.2, 0.25) is 0 Å². The summed E-state index contributed by atoms with van der Waals surface area (Å²) < 4.78 is 14.6. The highest BCUT2D eigenvalue weighted by Crippen LogP contribution is 2.36. The summed E-state index contributed by atoms with van der Waals surface area (Å²) in [6.45, 7) is 5.82. The van der Waals surface area contributed by atoms with Crippen LogP contribution in [-0.2, 0) is 16.8 Å². The zero-order valence-electron chi connectivity index (χ0n) is 21.2. The molecule has 2 aliphatic rings. The fourth-order valence-electron chi connectivity index (χ4n) is 5.03. The molecule has 0 unspecified atom stereocenters. The van der Waals surface area contributed by atoms with Gasteiger partial charge < -0.3 is 24.6 Å². The summed E-state index contributed by atoms with van der Waals surface area (Å²) in [5, 5.41) is 30.1. The Kier molecular flexibility index (Phi) is 6.56. The summed E-state index contributed by atoms with van der Waals surface area (Å²) >= 11 is 1.13. The molecular weight excluding hydrogens is 513 g/mol. The molecule has 1 aromatic carbocycles. The van der Waals surface area contributed by atoms with Gasteiger partial charge in [-0.3, -0.25) is 14.4 Å². The van der Waals surface area contributed by atoms with Gasteiger partial charge in [0.05, 0.1) is 18.2 Å². The molecule has 0 bridgehead atoms. The Morgan fingerprint density at radius 1 is 1.24 bits per heavy atom. The second kappa shape index (κ2) is 9.59. The summed E-state index contributed by atoms with van der Waals surface area (Å²) in [5.41, 5.74) is -1.57. The molecule has 0 radical (unpaired) electrons. The van der Waals surface area contributed by atoms with Crippen molar-refractivity contribution < 1.29 is 24.2 Å². The van der Waals surface area contributed by atoms with Gasteiger partial charge >= 0.3 is 0 Å². The van der Waals surface area contributed by atoms with Gasteiger partial charge in [0.2, 0.25) is 11.3 Å². The summed E-state index contributed by atoms with van der Waals surface area (Å²) in [6, 6.07) is 5.67. The number of aliphatic hydroxyl groups excluding tert-OH is 1. The van der Waals surface area contributed by atoms with Crippen molar-refractivity contribution in [2.24, 2.45) is 0 Å². The maximum Gasteiger partial charge on any atom is 0.274 e. The van der Waals surface area contributed by atoms with Crippen molar-refractivity contribution in [2.45, 2.75) is 51.3 Å². The van der Waals surface area contributed by atoms with Gasteiger partial charge in [0.25, 0.3) is 5.91 Å². The predicted molar refractivity (Wildman–Crippen MR) is 138 cm³/mol. The van der Waals surface area contributed by atoms with Crippen molar-refractivity contribution in [1.29, 1.82) is 0 Å². The fraction of sp³-hybridized carbons (Fsp3) is 0.423. The third-order valence-corrected chi connectivity index (χ3v) is 8.11. The summed E-state index contributed by atoms with van der Waals surface area (Å²) in [4.78, 5) is 43.5. The normalized spacial score (nSPS) is 21.3. The number of hydrogen-bond donors (Lipinski definition) is 2. The average Bonchev–Trinajstić information content (AvgIpc) is 3.52. The Bertz CT molecular complexity index is 1470. The Labute approximate surface area is 222 Å². The lowest BCUT2D eigenvalue weighted by molar-refractivity contribution is -0.141. The van der Waals surface area contributed by atoms with Crippen LogP contribution in [0.25, 0.3) is 10.6 Å². The molecule has 2 atom stereocenters. The number of β-amino-alcohol motifs (C(OH)–C–C–N with tert-alkyl or cyclic N) is 1. The summed E-state index contributed by atoms with van der Waals surface area (Å²) in [6.07, 6.45) is 1.59. The molecular formula is C26H28FN5O5S. The molecule has 0 saturated carbocycles. The molecule has 12 heteroatoms. The molecule has 0 spiro atoms. The van der Waals surface area contributed by atoms with Crippen molar-refractivity contribution in [3.8, 4) is 16.3 Å². The van der Waals surface area contributed by atoms with E-state index >= 15 is 0 Å². The largest absolute Gasteiger partial charge is 0.503 e. The number of aromatic hydroxyl groups is 1. The van der Waals surface area contributed by atoms with E-state index in [0.717, 1.165) is 16.9 Å².